The zero-order chi connectivity index (χ0) is 31.0. The largest absolute Gasteiger partial charge is 0.496 e. The zero-order valence-corrected chi connectivity index (χ0v) is 26.4. The average Bonchev–Trinajstić information content (AvgIpc) is 2.98. The Labute approximate surface area is 250 Å². The molecule has 0 aromatic heterocycles. The normalized spacial score (nSPS) is 14.3. The highest BCUT2D eigenvalue weighted by Gasteiger charge is 2.29. The lowest BCUT2D eigenvalue weighted by Crippen LogP contribution is -2.27. The molecule has 3 aromatic carbocycles. The number of carbonyl (C=O) groups is 2. The summed E-state index contributed by atoms with van der Waals surface area (Å²) in [7, 11) is 4.89. The number of fused-ring (bicyclic) bond motifs is 1. The minimum Gasteiger partial charge on any atom is -0.496 e. The molecular weight excluding hydrogens is 528 g/mol. The van der Waals surface area contributed by atoms with Crippen LogP contribution in [0.25, 0.3) is 6.08 Å². The summed E-state index contributed by atoms with van der Waals surface area (Å²) in [6.45, 7) is 12.0. The van der Waals surface area contributed by atoms with Gasteiger partial charge in [0.2, 0.25) is 0 Å². The van der Waals surface area contributed by atoms with Gasteiger partial charge in [-0.1, -0.05) is 38.1 Å². The second-order valence-corrected chi connectivity index (χ2v) is 11.0. The van der Waals surface area contributed by atoms with E-state index in [4.69, 9.17) is 18.9 Å². The van der Waals surface area contributed by atoms with Gasteiger partial charge in [-0.15, -0.1) is 0 Å². The number of rotatable bonds is 10. The third-order valence-electron chi connectivity index (χ3n) is 7.67. The summed E-state index contributed by atoms with van der Waals surface area (Å²) in [4.78, 5) is 24.2. The summed E-state index contributed by atoms with van der Waals surface area (Å²) in [5.74, 6) is 2.68. The van der Waals surface area contributed by atoms with Crippen LogP contribution in [0.3, 0.4) is 0 Å². The van der Waals surface area contributed by atoms with E-state index in [9.17, 15) is 9.59 Å². The van der Waals surface area contributed by atoms with Crippen molar-refractivity contribution in [3.63, 3.8) is 0 Å². The van der Waals surface area contributed by atoms with Crippen molar-refractivity contribution in [2.24, 2.45) is 0 Å². The number of ether oxygens (including phenoxy) is 4. The van der Waals surface area contributed by atoms with Gasteiger partial charge in [-0.3, -0.25) is 4.79 Å². The van der Waals surface area contributed by atoms with E-state index in [1.807, 2.05) is 102 Å². The molecule has 0 bridgehead atoms. The summed E-state index contributed by atoms with van der Waals surface area (Å²) in [6, 6.07) is 15.5. The highest BCUT2D eigenvalue weighted by Crippen LogP contribution is 2.41. The van der Waals surface area contributed by atoms with Crippen molar-refractivity contribution in [1.82, 2.24) is 0 Å². The first kappa shape index (κ1) is 32.5. The maximum absolute atomic E-state index is 13.5. The predicted molar refractivity (Wildman–Crippen MR) is 169 cm³/mol. The number of aryl methyl sites for hydroxylation is 2. The van der Waals surface area contributed by atoms with Gasteiger partial charge >= 0.3 is 0 Å². The van der Waals surface area contributed by atoms with Gasteiger partial charge < -0.3 is 23.7 Å². The molecule has 0 spiro atoms. The van der Waals surface area contributed by atoms with Crippen molar-refractivity contribution in [3.05, 3.63) is 88.0 Å². The van der Waals surface area contributed by atoms with E-state index < -0.39 is 0 Å². The van der Waals surface area contributed by atoms with Crippen LogP contribution in [-0.4, -0.2) is 39.0 Å². The first-order valence-corrected chi connectivity index (χ1v) is 14.4. The Balaban J connectivity index is 0.000000291. The Morgan fingerprint density at radius 1 is 0.857 bits per heavy atom. The monoisotopic (exact) mass is 572 g/mol. The smallest absolute Gasteiger partial charge is 0.174 e. The molecule has 0 amide bonds. The van der Waals surface area contributed by atoms with E-state index >= 15 is 0 Å². The molecule has 0 aliphatic carbocycles. The molecule has 6 heteroatoms. The average molecular weight is 573 g/mol. The first-order valence-electron chi connectivity index (χ1n) is 14.4. The second kappa shape index (κ2) is 14.2. The number of benzene rings is 3. The Kier molecular flexibility index (Phi) is 11.0. The molecule has 6 nitrogen and oxygen atoms in total. The number of aldehydes is 1. The van der Waals surface area contributed by atoms with Crippen LogP contribution < -0.4 is 18.9 Å². The summed E-state index contributed by atoms with van der Waals surface area (Å²) in [6.07, 6.45) is 6.46. The summed E-state index contributed by atoms with van der Waals surface area (Å²) >= 11 is 0. The molecule has 1 aliphatic rings. The molecule has 0 fully saturated rings. The van der Waals surface area contributed by atoms with Crippen molar-refractivity contribution in [2.45, 2.75) is 71.8 Å². The Bertz CT molecular complexity index is 1440. The molecule has 224 valence electrons. The number of hydrogen-bond acceptors (Lipinski definition) is 6. The summed E-state index contributed by atoms with van der Waals surface area (Å²) in [5, 5.41) is 0. The maximum Gasteiger partial charge on any atom is 0.174 e. The Morgan fingerprint density at radius 2 is 1.45 bits per heavy atom. The van der Waals surface area contributed by atoms with Crippen LogP contribution in [-0.2, 0) is 4.79 Å². The van der Waals surface area contributed by atoms with E-state index in [1.54, 1.807) is 21.3 Å². The molecule has 3 aromatic rings. The fraction of sp³-hybridized carbons (Fsp3) is 0.389. The lowest BCUT2D eigenvalue weighted by molar-refractivity contribution is -0.109. The van der Waals surface area contributed by atoms with E-state index in [0.717, 1.165) is 57.8 Å². The SMILES string of the molecule is CCC(C(=O)c1ccc2c(c1OC)C=CC(C)(C)O2)c1ccc(C)c(OC)c1.CCC(C=O)c1ccc(C)c(OC)c1. The lowest BCUT2D eigenvalue weighted by Gasteiger charge is -2.29. The van der Waals surface area contributed by atoms with Gasteiger partial charge in [0.15, 0.2) is 5.78 Å². The molecule has 4 rings (SSSR count). The van der Waals surface area contributed by atoms with Crippen LogP contribution in [0, 0.1) is 13.8 Å². The van der Waals surface area contributed by atoms with Gasteiger partial charge in [0.1, 0.15) is 34.9 Å². The molecule has 1 heterocycles. The highest BCUT2D eigenvalue weighted by atomic mass is 16.5. The quantitative estimate of drug-likeness (QED) is 0.180. The van der Waals surface area contributed by atoms with Crippen LogP contribution >= 0.6 is 0 Å². The molecular formula is C36H44O6. The van der Waals surface area contributed by atoms with Gasteiger partial charge in [0, 0.05) is 11.8 Å². The molecule has 0 saturated heterocycles. The van der Waals surface area contributed by atoms with E-state index in [1.165, 1.54) is 0 Å². The summed E-state index contributed by atoms with van der Waals surface area (Å²) in [5.41, 5.74) is 5.12. The second-order valence-electron chi connectivity index (χ2n) is 11.0. The van der Waals surface area contributed by atoms with Crippen LogP contribution in [0.2, 0.25) is 0 Å². The van der Waals surface area contributed by atoms with Crippen LogP contribution in [0.4, 0.5) is 0 Å². The van der Waals surface area contributed by atoms with Crippen LogP contribution in [0.5, 0.6) is 23.0 Å². The zero-order valence-electron chi connectivity index (χ0n) is 26.4. The van der Waals surface area contributed by atoms with Gasteiger partial charge in [0.25, 0.3) is 0 Å². The third-order valence-corrected chi connectivity index (χ3v) is 7.67. The third kappa shape index (κ3) is 7.22. The molecule has 2 unspecified atom stereocenters. The fourth-order valence-electron chi connectivity index (χ4n) is 5.13. The number of ketones is 1. The van der Waals surface area contributed by atoms with Gasteiger partial charge in [-0.05, 0) is 99.2 Å². The topological polar surface area (TPSA) is 71.1 Å². The predicted octanol–water partition coefficient (Wildman–Crippen LogP) is 8.27. The molecule has 0 radical (unpaired) electrons. The lowest BCUT2D eigenvalue weighted by atomic mass is 9.86. The Hall–Kier alpha value is -4.06. The van der Waals surface area contributed by atoms with E-state index in [-0.39, 0.29) is 23.2 Å². The number of Topliss-reactive ketones (excluding diaryl/α,β-unsaturated/α-hetero) is 1. The number of methoxy groups -OCH3 is 3. The van der Waals surface area contributed by atoms with Gasteiger partial charge in [0.05, 0.1) is 32.5 Å². The minimum atomic E-state index is -0.381. The number of carbonyl (C=O) groups excluding carboxylic acids is 2. The van der Waals surface area contributed by atoms with Crippen LogP contribution in [0.1, 0.15) is 90.5 Å². The standard InChI is InChI=1S/C24H28O4.C12H16O2/c1-7-17(16-9-8-15(2)21(14-16)26-5)22(25)19-10-11-20-18(23(19)27-6)12-13-24(3,4)28-20;1-4-10(8-13)11-6-5-9(2)12(7-11)14-3/h8-14,17H,7H2,1-6H3;5-8,10H,4H2,1-3H3. The van der Waals surface area contributed by atoms with E-state index in [0.29, 0.717) is 17.7 Å². The van der Waals surface area contributed by atoms with Crippen molar-refractivity contribution in [3.8, 4) is 23.0 Å². The first-order chi connectivity index (χ1) is 20.0. The summed E-state index contributed by atoms with van der Waals surface area (Å²) < 4.78 is 22.3. The van der Waals surface area contributed by atoms with Crippen molar-refractivity contribution in [2.75, 3.05) is 21.3 Å². The fourth-order valence-corrected chi connectivity index (χ4v) is 5.13. The van der Waals surface area contributed by atoms with Crippen molar-refractivity contribution in [1.29, 1.82) is 0 Å². The molecule has 1 aliphatic heterocycles. The molecule has 42 heavy (non-hydrogen) atoms. The van der Waals surface area contributed by atoms with Crippen molar-refractivity contribution < 1.29 is 28.5 Å². The molecule has 0 saturated carbocycles. The highest BCUT2D eigenvalue weighted by molar-refractivity contribution is 6.04. The van der Waals surface area contributed by atoms with Gasteiger partial charge in [-0.2, -0.15) is 0 Å². The Morgan fingerprint density at radius 3 is 1.98 bits per heavy atom. The number of hydrogen-bond donors (Lipinski definition) is 0. The van der Waals surface area contributed by atoms with E-state index in [2.05, 4.69) is 0 Å². The molecule has 2 atom stereocenters. The van der Waals surface area contributed by atoms with Gasteiger partial charge in [-0.25, -0.2) is 0 Å². The molecule has 0 N–H and O–H groups in total. The van der Waals surface area contributed by atoms with Crippen LogP contribution in [0.15, 0.2) is 54.6 Å². The minimum absolute atomic E-state index is 0.00972. The maximum atomic E-state index is 13.5. The van der Waals surface area contributed by atoms with Crippen molar-refractivity contribution >= 4 is 18.1 Å².